The van der Waals surface area contributed by atoms with E-state index in [2.05, 4.69) is 6.92 Å². The van der Waals surface area contributed by atoms with Crippen LogP contribution in [0.5, 0.6) is 0 Å². The minimum Gasteiger partial charge on any atom is -0.481 e. The molecule has 0 aromatic rings. The Balaban J connectivity index is 2.05. The maximum absolute atomic E-state index is 12.6. The van der Waals surface area contributed by atoms with Crippen molar-refractivity contribution in [3.05, 3.63) is 0 Å². The number of carboxylic acid groups (broad SMARTS) is 1. The highest BCUT2D eigenvalue weighted by Gasteiger charge is 2.45. The lowest BCUT2D eigenvalue weighted by Gasteiger charge is -2.32. The first-order valence-corrected chi connectivity index (χ1v) is 7.79. The van der Waals surface area contributed by atoms with Gasteiger partial charge in [0.1, 0.15) is 0 Å². The zero-order valence-corrected chi connectivity index (χ0v) is 12.6. The van der Waals surface area contributed by atoms with Crippen LogP contribution in [0, 0.1) is 5.41 Å². The van der Waals surface area contributed by atoms with Crippen molar-refractivity contribution < 1.29 is 14.7 Å². The molecule has 2 aliphatic rings. The Kier molecular flexibility index (Phi) is 4.55. The number of amides is 2. The Morgan fingerprint density at radius 3 is 2.60 bits per heavy atom. The molecule has 2 rings (SSSR count). The van der Waals surface area contributed by atoms with Gasteiger partial charge in [-0.15, -0.1) is 0 Å². The molecule has 2 unspecified atom stereocenters. The number of carbonyl (C=O) groups excluding carboxylic acids is 1. The summed E-state index contributed by atoms with van der Waals surface area (Å²) in [6.45, 7) is 5.74. The van der Waals surface area contributed by atoms with Crippen molar-refractivity contribution in [2.45, 2.75) is 58.4 Å². The standard InChI is InChI=1S/C15H26N2O3/c1-3-15(13(18)19)8-10-16(11-15)14(20)17-9-6-4-5-7-12(17)2/h12H,3-11H2,1-2H3,(H,18,19). The number of hydrogen-bond acceptors (Lipinski definition) is 2. The van der Waals surface area contributed by atoms with Crippen LogP contribution in [0.15, 0.2) is 0 Å². The molecule has 2 heterocycles. The Morgan fingerprint density at radius 2 is 2.00 bits per heavy atom. The van der Waals surface area contributed by atoms with E-state index in [0.29, 0.717) is 25.9 Å². The fourth-order valence-electron chi connectivity index (χ4n) is 3.39. The van der Waals surface area contributed by atoms with Crippen molar-refractivity contribution in [3.63, 3.8) is 0 Å². The topological polar surface area (TPSA) is 60.9 Å². The predicted molar refractivity (Wildman–Crippen MR) is 76.6 cm³/mol. The van der Waals surface area contributed by atoms with Crippen molar-refractivity contribution >= 4 is 12.0 Å². The van der Waals surface area contributed by atoms with Crippen LogP contribution in [-0.4, -0.2) is 52.6 Å². The van der Waals surface area contributed by atoms with Gasteiger partial charge in [0, 0.05) is 25.7 Å². The largest absolute Gasteiger partial charge is 0.481 e. The SMILES string of the molecule is CCC1(C(=O)O)CCN(C(=O)N2CCCCCC2C)C1. The summed E-state index contributed by atoms with van der Waals surface area (Å²) < 4.78 is 0. The average Bonchev–Trinajstić information content (AvgIpc) is 2.77. The van der Waals surface area contributed by atoms with E-state index >= 15 is 0 Å². The minimum atomic E-state index is -0.765. The summed E-state index contributed by atoms with van der Waals surface area (Å²) in [6, 6.07) is 0.308. The molecule has 2 atom stereocenters. The number of hydrogen-bond donors (Lipinski definition) is 1. The highest BCUT2D eigenvalue weighted by molar-refractivity contribution is 5.80. The molecule has 0 bridgehead atoms. The molecular weight excluding hydrogens is 256 g/mol. The summed E-state index contributed by atoms with van der Waals surface area (Å²) in [5.74, 6) is -0.765. The fraction of sp³-hybridized carbons (Fsp3) is 0.867. The normalized spacial score (nSPS) is 31.2. The third kappa shape index (κ3) is 2.76. The maximum Gasteiger partial charge on any atom is 0.320 e. The second-order valence-electron chi connectivity index (χ2n) is 6.28. The zero-order valence-electron chi connectivity index (χ0n) is 12.6. The number of rotatable bonds is 2. The molecule has 0 aromatic heterocycles. The molecule has 2 amide bonds. The van der Waals surface area contributed by atoms with Gasteiger partial charge < -0.3 is 14.9 Å². The smallest absolute Gasteiger partial charge is 0.320 e. The Morgan fingerprint density at radius 1 is 1.25 bits per heavy atom. The van der Waals surface area contributed by atoms with E-state index in [4.69, 9.17) is 0 Å². The first-order chi connectivity index (χ1) is 9.50. The van der Waals surface area contributed by atoms with E-state index in [9.17, 15) is 14.7 Å². The quantitative estimate of drug-likeness (QED) is 0.846. The van der Waals surface area contributed by atoms with Gasteiger partial charge in [0.2, 0.25) is 0 Å². The molecule has 2 fully saturated rings. The van der Waals surface area contributed by atoms with Crippen LogP contribution in [-0.2, 0) is 4.79 Å². The summed E-state index contributed by atoms with van der Waals surface area (Å²) in [4.78, 5) is 27.8. The van der Waals surface area contributed by atoms with Gasteiger partial charge in [-0.25, -0.2) is 4.79 Å². The number of carboxylic acids is 1. The molecule has 2 saturated heterocycles. The van der Waals surface area contributed by atoms with Gasteiger partial charge in [0.25, 0.3) is 0 Å². The maximum atomic E-state index is 12.6. The van der Waals surface area contributed by atoms with Gasteiger partial charge in [-0.3, -0.25) is 4.79 Å². The molecule has 1 N–H and O–H groups in total. The molecule has 0 saturated carbocycles. The average molecular weight is 282 g/mol. The Hall–Kier alpha value is -1.26. The number of aliphatic carboxylic acids is 1. The first-order valence-electron chi connectivity index (χ1n) is 7.79. The van der Waals surface area contributed by atoms with Gasteiger partial charge in [-0.05, 0) is 32.6 Å². The van der Waals surface area contributed by atoms with Crippen LogP contribution < -0.4 is 0 Å². The Bertz CT molecular complexity index is 385. The number of nitrogens with zero attached hydrogens (tertiary/aromatic N) is 2. The molecule has 0 aromatic carbocycles. The van der Waals surface area contributed by atoms with E-state index in [-0.39, 0.29) is 12.1 Å². The van der Waals surface area contributed by atoms with Gasteiger partial charge in [-0.1, -0.05) is 19.8 Å². The van der Waals surface area contributed by atoms with Crippen LogP contribution in [0.4, 0.5) is 4.79 Å². The summed E-state index contributed by atoms with van der Waals surface area (Å²) in [6.07, 6.45) is 5.63. The zero-order chi connectivity index (χ0) is 14.8. The number of urea groups is 1. The van der Waals surface area contributed by atoms with Crippen molar-refractivity contribution in [1.82, 2.24) is 9.80 Å². The summed E-state index contributed by atoms with van der Waals surface area (Å²) in [5, 5.41) is 9.42. The molecule has 0 spiro atoms. The van der Waals surface area contributed by atoms with Crippen molar-refractivity contribution in [1.29, 1.82) is 0 Å². The first kappa shape index (κ1) is 15.1. The highest BCUT2D eigenvalue weighted by atomic mass is 16.4. The second-order valence-corrected chi connectivity index (χ2v) is 6.28. The van der Waals surface area contributed by atoms with E-state index in [0.717, 1.165) is 19.4 Å². The van der Waals surface area contributed by atoms with E-state index in [1.807, 2.05) is 11.8 Å². The monoisotopic (exact) mass is 282 g/mol. The van der Waals surface area contributed by atoms with Crippen LogP contribution in [0.25, 0.3) is 0 Å². The van der Waals surface area contributed by atoms with E-state index in [1.54, 1.807) is 4.90 Å². The molecular formula is C15H26N2O3. The van der Waals surface area contributed by atoms with Crippen LogP contribution in [0.2, 0.25) is 0 Å². The molecule has 20 heavy (non-hydrogen) atoms. The van der Waals surface area contributed by atoms with E-state index in [1.165, 1.54) is 12.8 Å². The lowest BCUT2D eigenvalue weighted by Crippen LogP contribution is -2.47. The van der Waals surface area contributed by atoms with Crippen molar-refractivity contribution in [2.75, 3.05) is 19.6 Å². The molecule has 0 radical (unpaired) electrons. The van der Waals surface area contributed by atoms with Crippen LogP contribution in [0.3, 0.4) is 0 Å². The molecule has 2 aliphatic heterocycles. The van der Waals surface area contributed by atoms with Crippen LogP contribution >= 0.6 is 0 Å². The van der Waals surface area contributed by atoms with Gasteiger partial charge >= 0.3 is 12.0 Å². The second kappa shape index (κ2) is 6.02. The highest BCUT2D eigenvalue weighted by Crippen LogP contribution is 2.35. The third-order valence-corrected chi connectivity index (χ3v) is 5.05. The molecule has 5 heteroatoms. The molecule has 114 valence electrons. The Labute approximate surface area is 120 Å². The summed E-state index contributed by atoms with van der Waals surface area (Å²) in [7, 11) is 0. The fourth-order valence-corrected chi connectivity index (χ4v) is 3.39. The molecule has 5 nitrogen and oxygen atoms in total. The lowest BCUT2D eigenvalue weighted by molar-refractivity contribution is -0.148. The minimum absolute atomic E-state index is 0.0379. The van der Waals surface area contributed by atoms with Crippen molar-refractivity contribution in [3.8, 4) is 0 Å². The third-order valence-electron chi connectivity index (χ3n) is 5.05. The summed E-state index contributed by atoms with van der Waals surface area (Å²) >= 11 is 0. The number of carbonyl (C=O) groups is 2. The van der Waals surface area contributed by atoms with Crippen molar-refractivity contribution in [2.24, 2.45) is 5.41 Å². The van der Waals surface area contributed by atoms with Crippen LogP contribution in [0.1, 0.15) is 52.4 Å². The lowest BCUT2D eigenvalue weighted by atomic mass is 9.84. The predicted octanol–water partition coefficient (Wildman–Crippen LogP) is 2.56. The van der Waals surface area contributed by atoms with Gasteiger partial charge in [0.15, 0.2) is 0 Å². The molecule has 0 aliphatic carbocycles. The van der Waals surface area contributed by atoms with Gasteiger partial charge in [-0.2, -0.15) is 0 Å². The van der Waals surface area contributed by atoms with Gasteiger partial charge in [0.05, 0.1) is 5.41 Å². The number of likely N-dealkylation sites (tertiary alicyclic amines) is 2. The van der Waals surface area contributed by atoms with E-state index < -0.39 is 11.4 Å². The summed E-state index contributed by atoms with van der Waals surface area (Å²) in [5.41, 5.74) is -0.731.